The fourth-order valence-corrected chi connectivity index (χ4v) is 2.88. The molecule has 0 aliphatic rings. The van der Waals surface area contributed by atoms with E-state index in [4.69, 9.17) is 5.11 Å². The van der Waals surface area contributed by atoms with Crippen LogP contribution in [0.1, 0.15) is 24.0 Å². The van der Waals surface area contributed by atoms with Crippen LogP contribution in [-0.4, -0.2) is 33.9 Å². The van der Waals surface area contributed by atoms with Crippen molar-refractivity contribution in [1.82, 2.24) is 10.6 Å². The van der Waals surface area contributed by atoms with Crippen molar-refractivity contribution in [3.63, 3.8) is 0 Å². The second kappa shape index (κ2) is 11.1. The van der Waals surface area contributed by atoms with Gasteiger partial charge in [-0.05, 0) is 29.7 Å². The minimum absolute atomic E-state index is 0.0481. The van der Waals surface area contributed by atoms with Gasteiger partial charge in [0, 0.05) is 29.6 Å². The molecule has 10 heteroatoms. The monoisotopic (exact) mass is 477 g/mol. The molecular formula is C20H20BrN3O6. The van der Waals surface area contributed by atoms with Crippen molar-refractivity contribution in [2.75, 3.05) is 0 Å². The quantitative estimate of drug-likeness (QED) is 0.355. The number of carbonyl (C=O) groups is 3. The zero-order valence-electron chi connectivity index (χ0n) is 15.8. The molecule has 0 spiro atoms. The van der Waals surface area contributed by atoms with E-state index in [1.807, 2.05) is 0 Å². The van der Waals surface area contributed by atoms with Gasteiger partial charge in [0.25, 0.3) is 5.69 Å². The normalized spacial score (nSPS) is 11.4. The maximum absolute atomic E-state index is 12.5. The van der Waals surface area contributed by atoms with Crippen LogP contribution in [0.5, 0.6) is 0 Å². The number of benzene rings is 2. The second-order valence-corrected chi connectivity index (χ2v) is 7.41. The number of aliphatic carboxylic acids is 1. The number of nitrogens with one attached hydrogen (secondary N) is 2. The molecule has 158 valence electrons. The molecule has 0 unspecified atom stereocenters. The van der Waals surface area contributed by atoms with Crippen LogP contribution < -0.4 is 10.6 Å². The zero-order chi connectivity index (χ0) is 22.1. The highest BCUT2D eigenvalue weighted by Crippen LogP contribution is 2.12. The van der Waals surface area contributed by atoms with Gasteiger partial charge in [-0.2, -0.15) is 0 Å². The lowest BCUT2D eigenvalue weighted by atomic mass is 10.1. The molecule has 1 atom stereocenters. The van der Waals surface area contributed by atoms with E-state index >= 15 is 0 Å². The number of nitro benzene ring substituents is 1. The topological polar surface area (TPSA) is 139 Å². The number of hydrogen-bond acceptors (Lipinski definition) is 5. The third kappa shape index (κ3) is 7.63. The van der Waals surface area contributed by atoms with E-state index < -0.39 is 28.7 Å². The number of amides is 2. The van der Waals surface area contributed by atoms with Crippen molar-refractivity contribution in [1.29, 1.82) is 0 Å². The van der Waals surface area contributed by atoms with E-state index in [-0.39, 0.29) is 31.5 Å². The number of non-ortho nitro benzene ring substituents is 1. The molecule has 30 heavy (non-hydrogen) atoms. The predicted octanol–water partition coefficient (Wildman–Crippen LogP) is 2.57. The largest absolute Gasteiger partial charge is 0.481 e. The Morgan fingerprint density at radius 3 is 2.20 bits per heavy atom. The average Bonchev–Trinajstić information content (AvgIpc) is 2.71. The maximum Gasteiger partial charge on any atom is 0.303 e. The number of nitro groups is 1. The summed E-state index contributed by atoms with van der Waals surface area (Å²) in [6, 6.07) is 11.8. The first-order valence-electron chi connectivity index (χ1n) is 9.01. The first-order chi connectivity index (χ1) is 14.2. The molecule has 3 N–H and O–H groups in total. The first kappa shape index (κ1) is 23.0. The van der Waals surface area contributed by atoms with E-state index in [0.29, 0.717) is 5.56 Å². The number of hydrogen-bond donors (Lipinski definition) is 3. The molecule has 0 saturated carbocycles. The number of carboxylic acid groups (broad SMARTS) is 1. The van der Waals surface area contributed by atoms with Crippen LogP contribution in [-0.2, 0) is 27.3 Å². The highest BCUT2D eigenvalue weighted by atomic mass is 79.9. The van der Waals surface area contributed by atoms with Crippen LogP contribution in [0.2, 0.25) is 0 Å². The number of halogens is 1. The lowest BCUT2D eigenvalue weighted by Crippen LogP contribution is -2.47. The standard InChI is InChI=1S/C20H20BrN3O6/c21-15-5-1-13(2-6-15)11-18(25)23-17(9-10-19(26)27)20(28)22-12-14-3-7-16(8-4-14)24(29)30/h1-8,17H,9-12H2,(H,22,28)(H,23,25)(H,26,27)/t17-/m1/s1. The summed E-state index contributed by atoms with van der Waals surface area (Å²) < 4.78 is 0.872. The first-order valence-corrected chi connectivity index (χ1v) is 9.80. The maximum atomic E-state index is 12.5. The van der Waals surface area contributed by atoms with E-state index in [2.05, 4.69) is 26.6 Å². The van der Waals surface area contributed by atoms with Crippen molar-refractivity contribution in [2.24, 2.45) is 0 Å². The molecule has 0 fully saturated rings. The Kier molecular flexibility index (Phi) is 8.48. The predicted molar refractivity (Wildman–Crippen MR) is 112 cm³/mol. The lowest BCUT2D eigenvalue weighted by molar-refractivity contribution is -0.384. The summed E-state index contributed by atoms with van der Waals surface area (Å²) in [6.07, 6.45) is -0.297. The molecule has 0 radical (unpaired) electrons. The van der Waals surface area contributed by atoms with Crippen molar-refractivity contribution < 1.29 is 24.4 Å². The minimum atomic E-state index is -1.08. The van der Waals surface area contributed by atoms with Gasteiger partial charge in [-0.3, -0.25) is 24.5 Å². The number of nitrogens with zero attached hydrogens (tertiary/aromatic N) is 1. The number of carboxylic acids is 1. The van der Waals surface area contributed by atoms with Crippen LogP contribution in [0.3, 0.4) is 0 Å². The van der Waals surface area contributed by atoms with Gasteiger partial charge in [0.2, 0.25) is 11.8 Å². The molecule has 0 aliphatic heterocycles. The summed E-state index contributed by atoms with van der Waals surface area (Å²) in [6.45, 7) is 0.0863. The summed E-state index contributed by atoms with van der Waals surface area (Å²) in [7, 11) is 0. The molecular weight excluding hydrogens is 458 g/mol. The molecule has 2 amide bonds. The van der Waals surface area contributed by atoms with Crippen LogP contribution >= 0.6 is 15.9 Å². The Bertz CT molecular complexity index is 915. The molecule has 9 nitrogen and oxygen atoms in total. The van der Waals surface area contributed by atoms with Crippen LogP contribution in [0.4, 0.5) is 5.69 Å². The average molecular weight is 478 g/mol. The van der Waals surface area contributed by atoms with Crippen molar-refractivity contribution in [3.05, 3.63) is 74.2 Å². The Morgan fingerprint density at radius 1 is 1.03 bits per heavy atom. The molecule has 2 aromatic carbocycles. The van der Waals surface area contributed by atoms with Crippen LogP contribution in [0.15, 0.2) is 53.0 Å². The summed E-state index contributed by atoms with van der Waals surface area (Å²) in [4.78, 5) is 45.9. The van der Waals surface area contributed by atoms with Gasteiger partial charge >= 0.3 is 5.97 Å². The Morgan fingerprint density at radius 2 is 1.63 bits per heavy atom. The van der Waals surface area contributed by atoms with Gasteiger partial charge in [0.15, 0.2) is 0 Å². The van der Waals surface area contributed by atoms with Gasteiger partial charge in [-0.15, -0.1) is 0 Å². The molecule has 0 aliphatic carbocycles. The molecule has 0 heterocycles. The number of carbonyl (C=O) groups excluding carboxylic acids is 2. The Balaban J connectivity index is 1.96. The molecule has 2 rings (SSSR count). The fourth-order valence-electron chi connectivity index (χ4n) is 2.62. The van der Waals surface area contributed by atoms with E-state index in [9.17, 15) is 24.5 Å². The molecule has 0 saturated heterocycles. The molecule has 0 aromatic heterocycles. The SMILES string of the molecule is O=C(O)CC[C@@H](NC(=O)Cc1ccc(Br)cc1)C(=O)NCc1ccc([N+](=O)[O-])cc1. The van der Waals surface area contributed by atoms with E-state index in [1.54, 1.807) is 24.3 Å². The summed E-state index contributed by atoms with van der Waals surface area (Å²) in [5, 5.41) is 24.8. The lowest BCUT2D eigenvalue weighted by Gasteiger charge is -2.18. The van der Waals surface area contributed by atoms with E-state index in [1.165, 1.54) is 24.3 Å². The van der Waals surface area contributed by atoms with Crippen molar-refractivity contribution >= 4 is 39.4 Å². The highest BCUT2D eigenvalue weighted by molar-refractivity contribution is 9.10. The highest BCUT2D eigenvalue weighted by Gasteiger charge is 2.21. The summed E-state index contributed by atoms with van der Waals surface area (Å²) in [5.74, 6) is -2.01. The summed E-state index contributed by atoms with van der Waals surface area (Å²) in [5.41, 5.74) is 1.32. The third-order valence-corrected chi connectivity index (χ3v) is 4.72. The van der Waals surface area contributed by atoms with Gasteiger partial charge in [0.05, 0.1) is 11.3 Å². The third-order valence-electron chi connectivity index (χ3n) is 4.19. The van der Waals surface area contributed by atoms with Crippen LogP contribution in [0, 0.1) is 10.1 Å². The van der Waals surface area contributed by atoms with Gasteiger partial charge in [-0.1, -0.05) is 40.2 Å². The summed E-state index contributed by atoms with van der Waals surface area (Å²) >= 11 is 3.31. The Labute approximate surface area is 180 Å². The Hall–Kier alpha value is -3.27. The molecule has 0 bridgehead atoms. The second-order valence-electron chi connectivity index (χ2n) is 6.50. The van der Waals surface area contributed by atoms with Crippen LogP contribution in [0.25, 0.3) is 0 Å². The van der Waals surface area contributed by atoms with Crippen molar-refractivity contribution in [2.45, 2.75) is 31.8 Å². The number of rotatable bonds is 10. The zero-order valence-corrected chi connectivity index (χ0v) is 17.4. The molecule has 2 aromatic rings. The van der Waals surface area contributed by atoms with Gasteiger partial charge < -0.3 is 15.7 Å². The minimum Gasteiger partial charge on any atom is -0.481 e. The fraction of sp³-hybridized carbons (Fsp3) is 0.250. The van der Waals surface area contributed by atoms with Gasteiger partial charge in [-0.25, -0.2) is 0 Å². The van der Waals surface area contributed by atoms with E-state index in [0.717, 1.165) is 10.0 Å². The van der Waals surface area contributed by atoms with Crippen molar-refractivity contribution in [3.8, 4) is 0 Å². The van der Waals surface area contributed by atoms with Gasteiger partial charge in [0.1, 0.15) is 6.04 Å². The smallest absolute Gasteiger partial charge is 0.303 e.